The van der Waals surface area contributed by atoms with Gasteiger partial charge in [-0.15, -0.1) is 16.4 Å². The predicted molar refractivity (Wildman–Crippen MR) is 110 cm³/mol. The molecular weight excluding hydrogens is 362 g/mol. The maximum atomic E-state index is 10.7. The fourth-order valence-electron chi connectivity index (χ4n) is 2.75. The zero-order chi connectivity index (χ0) is 17.9. The highest BCUT2D eigenvalue weighted by molar-refractivity contribution is 7.73. The van der Waals surface area contributed by atoms with Crippen LogP contribution in [0.25, 0.3) is 6.08 Å². The lowest BCUT2D eigenvalue weighted by Gasteiger charge is -2.05. The Labute approximate surface area is 160 Å². The zero-order valence-electron chi connectivity index (χ0n) is 13.7. The van der Waals surface area contributed by atoms with Crippen LogP contribution in [0.1, 0.15) is 16.0 Å². The number of hydrogen-bond donors (Lipinski definition) is 1. The fourth-order valence-corrected chi connectivity index (χ4v) is 4.01. The molecule has 2 heterocycles. The van der Waals surface area contributed by atoms with Gasteiger partial charge in [0, 0.05) is 11.1 Å². The second-order valence-corrected chi connectivity index (χ2v) is 7.46. The van der Waals surface area contributed by atoms with Crippen LogP contribution in [0.4, 0.5) is 0 Å². The number of allylic oxidation sites excluding steroid dienone is 1. The van der Waals surface area contributed by atoms with E-state index < -0.39 is 0 Å². The van der Waals surface area contributed by atoms with Crippen molar-refractivity contribution in [2.45, 2.75) is 6.54 Å². The molecule has 6 heteroatoms. The molecule has 0 radical (unpaired) electrons. The maximum absolute atomic E-state index is 10.7. The van der Waals surface area contributed by atoms with Crippen molar-refractivity contribution in [3.8, 4) is 5.88 Å². The van der Waals surface area contributed by atoms with Gasteiger partial charge in [-0.25, -0.2) is 0 Å². The molecule has 0 fully saturated rings. The second-order valence-electron chi connectivity index (χ2n) is 5.79. The minimum Gasteiger partial charge on any atom is -0.493 e. The van der Waals surface area contributed by atoms with Crippen molar-refractivity contribution in [1.82, 2.24) is 4.57 Å². The summed E-state index contributed by atoms with van der Waals surface area (Å²) in [7, 11) is 0. The van der Waals surface area contributed by atoms with Gasteiger partial charge in [0.2, 0.25) is 5.88 Å². The summed E-state index contributed by atoms with van der Waals surface area (Å²) in [6.07, 6.45) is 3.59. The second kappa shape index (κ2) is 7.19. The van der Waals surface area contributed by atoms with Crippen molar-refractivity contribution in [3.63, 3.8) is 0 Å². The summed E-state index contributed by atoms with van der Waals surface area (Å²) in [4.78, 5) is 0.706. The van der Waals surface area contributed by atoms with Gasteiger partial charge >= 0.3 is 0 Å². The highest BCUT2D eigenvalue weighted by Crippen LogP contribution is 2.30. The van der Waals surface area contributed by atoms with E-state index in [0.29, 0.717) is 15.4 Å². The Kier molecular flexibility index (Phi) is 4.60. The first-order valence-corrected chi connectivity index (χ1v) is 9.30. The van der Waals surface area contributed by atoms with Gasteiger partial charge < -0.3 is 5.11 Å². The number of aromatic hydroxyl groups is 1. The van der Waals surface area contributed by atoms with Crippen LogP contribution in [0.3, 0.4) is 0 Å². The Morgan fingerprint density at radius 3 is 2.46 bits per heavy atom. The molecule has 0 saturated carbocycles. The normalized spacial score (nSPS) is 14.8. The van der Waals surface area contributed by atoms with E-state index in [-0.39, 0.29) is 5.88 Å². The zero-order valence-corrected chi connectivity index (χ0v) is 15.4. The van der Waals surface area contributed by atoms with Gasteiger partial charge in [0.25, 0.3) is 0 Å². The molecule has 4 nitrogen and oxygen atoms in total. The Morgan fingerprint density at radius 2 is 1.73 bits per heavy atom. The van der Waals surface area contributed by atoms with Gasteiger partial charge in [0.1, 0.15) is 5.71 Å². The van der Waals surface area contributed by atoms with E-state index in [0.717, 1.165) is 22.4 Å². The average Bonchev–Trinajstić information content (AvgIpc) is 3.24. The molecule has 0 bridgehead atoms. The number of rotatable bonds is 4. The van der Waals surface area contributed by atoms with Crippen LogP contribution in [0.5, 0.6) is 5.88 Å². The Hall–Kier alpha value is -2.83. The van der Waals surface area contributed by atoms with Crippen molar-refractivity contribution in [3.05, 3.63) is 86.2 Å². The molecule has 1 aromatic heterocycles. The maximum Gasteiger partial charge on any atom is 0.210 e. The highest BCUT2D eigenvalue weighted by atomic mass is 32.1. The van der Waals surface area contributed by atoms with Gasteiger partial charge in [0.15, 0.2) is 3.95 Å². The third-order valence-corrected chi connectivity index (χ3v) is 5.42. The summed E-state index contributed by atoms with van der Waals surface area (Å²) in [5, 5.41) is 18.9. The topological polar surface area (TPSA) is 49.9 Å². The van der Waals surface area contributed by atoms with E-state index in [1.807, 2.05) is 66.7 Å². The molecule has 2 aromatic carbocycles. The Morgan fingerprint density at radius 1 is 1.04 bits per heavy atom. The van der Waals surface area contributed by atoms with E-state index in [9.17, 15) is 5.11 Å². The molecule has 0 unspecified atom stereocenters. The molecule has 1 aliphatic heterocycles. The largest absolute Gasteiger partial charge is 0.493 e. The summed E-state index contributed by atoms with van der Waals surface area (Å²) < 4.78 is 2.37. The molecule has 4 rings (SSSR count). The van der Waals surface area contributed by atoms with Gasteiger partial charge in [0.05, 0.1) is 17.6 Å². The summed E-state index contributed by atoms with van der Waals surface area (Å²) in [6, 6.07) is 19.8. The van der Waals surface area contributed by atoms with Gasteiger partial charge in [-0.2, -0.15) is 5.10 Å². The van der Waals surface area contributed by atoms with E-state index in [1.165, 1.54) is 11.3 Å². The monoisotopic (exact) mass is 377 g/mol. The quantitative estimate of drug-likeness (QED) is 0.657. The molecule has 0 amide bonds. The average molecular weight is 377 g/mol. The minimum absolute atomic E-state index is 0.170. The number of benzene rings is 2. The fraction of sp³-hybridized carbons (Fsp3) is 0.0500. The number of thiazole rings is 1. The van der Waals surface area contributed by atoms with Crippen LogP contribution in [0, 0.1) is 3.95 Å². The van der Waals surface area contributed by atoms with E-state index in [2.05, 4.69) is 10.2 Å². The Bertz CT molecular complexity index is 1080. The van der Waals surface area contributed by atoms with Crippen LogP contribution >= 0.6 is 23.6 Å². The van der Waals surface area contributed by atoms with Crippen LogP contribution in [0.2, 0.25) is 0 Å². The van der Waals surface area contributed by atoms with E-state index in [1.54, 1.807) is 10.8 Å². The van der Waals surface area contributed by atoms with Crippen LogP contribution < -0.4 is 0 Å². The summed E-state index contributed by atoms with van der Waals surface area (Å²) in [5.74, 6) is 0.170. The smallest absolute Gasteiger partial charge is 0.210 e. The first-order valence-electron chi connectivity index (χ1n) is 8.07. The molecule has 0 aliphatic carbocycles. The molecule has 0 atom stereocenters. The van der Waals surface area contributed by atoms with E-state index >= 15 is 0 Å². The molecule has 128 valence electrons. The molecule has 3 aromatic rings. The van der Waals surface area contributed by atoms with Crippen LogP contribution in [-0.4, -0.2) is 21.6 Å². The predicted octanol–water partition coefficient (Wildman–Crippen LogP) is 4.91. The van der Waals surface area contributed by atoms with Crippen molar-refractivity contribution >= 4 is 41.6 Å². The number of nitrogens with zero attached hydrogens (tertiary/aromatic N) is 3. The lowest BCUT2D eigenvalue weighted by Crippen LogP contribution is -2.02. The minimum atomic E-state index is 0.170. The molecule has 1 N–H and O–H groups in total. The Balaban J connectivity index is 1.68. The van der Waals surface area contributed by atoms with Crippen molar-refractivity contribution < 1.29 is 5.11 Å². The lowest BCUT2D eigenvalue weighted by atomic mass is 10.0. The molecule has 0 spiro atoms. The van der Waals surface area contributed by atoms with E-state index in [4.69, 9.17) is 12.2 Å². The van der Waals surface area contributed by atoms with Crippen LogP contribution in [0.15, 0.2) is 76.4 Å². The molecular formula is C20H15N3OS2. The van der Waals surface area contributed by atoms with Gasteiger partial charge in [-0.1, -0.05) is 60.7 Å². The molecule has 1 aliphatic rings. The summed E-state index contributed by atoms with van der Waals surface area (Å²) in [6.45, 7) is 0.541. The first-order chi connectivity index (χ1) is 12.7. The highest BCUT2D eigenvalue weighted by Gasteiger charge is 2.16. The first kappa shape index (κ1) is 16.6. The number of hydrogen-bond acceptors (Lipinski definition) is 5. The van der Waals surface area contributed by atoms with Crippen molar-refractivity contribution in [2.24, 2.45) is 10.2 Å². The van der Waals surface area contributed by atoms with Crippen LogP contribution in [-0.2, 0) is 6.54 Å². The van der Waals surface area contributed by atoms with Gasteiger partial charge in [-0.05, 0) is 23.9 Å². The number of aromatic nitrogens is 1. The standard InChI is InChI=1S/C20H15N3OS2/c24-19-17(26-20(25)23(19)13-14-7-3-1-4-8-14)11-16-12-21-22-18(16)15-9-5-2-6-10-15/h1-12,24H,13H2. The summed E-state index contributed by atoms with van der Waals surface area (Å²) in [5.41, 5.74) is 3.72. The van der Waals surface area contributed by atoms with Gasteiger partial charge in [-0.3, -0.25) is 4.57 Å². The van der Waals surface area contributed by atoms with Crippen molar-refractivity contribution in [2.75, 3.05) is 0 Å². The third kappa shape index (κ3) is 3.29. The summed E-state index contributed by atoms with van der Waals surface area (Å²) >= 11 is 6.83. The third-order valence-electron chi connectivity index (χ3n) is 4.04. The van der Waals surface area contributed by atoms with Crippen molar-refractivity contribution in [1.29, 1.82) is 0 Å². The SMILES string of the molecule is Oc1c(C=C2C=NN=C2c2ccccc2)sc(=S)n1Cc1ccccc1. The lowest BCUT2D eigenvalue weighted by molar-refractivity contribution is 0.422. The molecule has 0 saturated heterocycles. The molecule has 26 heavy (non-hydrogen) atoms.